The molecule has 110 valence electrons. The molecule has 5 heteroatoms. The predicted octanol–water partition coefficient (Wildman–Crippen LogP) is 2.62. The molecule has 0 aliphatic carbocycles. The highest BCUT2D eigenvalue weighted by Crippen LogP contribution is 2.23. The largest absolute Gasteiger partial charge is 0.481 e. The molecule has 0 spiro atoms. The topological polar surface area (TPSA) is 57.6 Å². The number of nitrogens with zero attached hydrogens (tertiary/aromatic N) is 1. The van der Waals surface area contributed by atoms with Gasteiger partial charge >= 0.3 is 5.97 Å². The molecule has 1 unspecified atom stereocenters. The smallest absolute Gasteiger partial charge is 0.303 e. The summed E-state index contributed by atoms with van der Waals surface area (Å²) in [6, 6.07) is 0. The molecule has 0 bridgehead atoms. The van der Waals surface area contributed by atoms with Crippen molar-refractivity contribution < 1.29 is 14.7 Å². The number of unbranched alkanes of at least 4 members (excludes halogenated alkanes) is 1. The van der Waals surface area contributed by atoms with Crippen LogP contribution < -0.4 is 0 Å². The van der Waals surface area contributed by atoms with Crippen LogP contribution in [0.1, 0.15) is 46.0 Å². The van der Waals surface area contributed by atoms with Crippen molar-refractivity contribution in [2.24, 2.45) is 5.92 Å². The first-order valence-electron chi connectivity index (χ1n) is 7.16. The maximum absolute atomic E-state index is 12.2. The minimum absolute atomic E-state index is 0.0302. The van der Waals surface area contributed by atoms with Crippen molar-refractivity contribution in [3.05, 3.63) is 0 Å². The van der Waals surface area contributed by atoms with Crippen LogP contribution in [0.25, 0.3) is 0 Å². The summed E-state index contributed by atoms with van der Waals surface area (Å²) < 4.78 is 0. The van der Waals surface area contributed by atoms with E-state index >= 15 is 0 Å². The van der Waals surface area contributed by atoms with E-state index in [9.17, 15) is 9.59 Å². The van der Waals surface area contributed by atoms with Gasteiger partial charge < -0.3 is 10.0 Å². The number of hydrogen-bond acceptors (Lipinski definition) is 3. The fraction of sp³-hybridized carbons (Fsp3) is 0.857. The van der Waals surface area contributed by atoms with E-state index in [4.69, 9.17) is 5.11 Å². The first-order valence-corrected chi connectivity index (χ1v) is 8.21. The number of carboxylic acid groups (broad SMARTS) is 1. The van der Waals surface area contributed by atoms with Crippen LogP contribution in [-0.4, -0.2) is 46.0 Å². The third-order valence-electron chi connectivity index (χ3n) is 3.60. The molecule has 0 saturated carbocycles. The molecule has 1 rings (SSSR count). The molecule has 1 N–H and O–H groups in total. The Morgan fingerprint density at radius 1 is 1.37 bits per heavy atom. The molecule has 0 aromatic rings. The summed E-state index contributed by atoms with van der Waals surface area (Å²) in [6.45, 7) is 5.57. The highest BCUT2D eigenvalue weighted by molar-refractivity contribution is 8.00. The molecule has 4 nitrogen and oxygen atoms in total. The zero-order chi connectivity index (χ0) is 14.3. The number of carbonyl (C=O) groups is 2. The van der Waals surface area contributed by atoms with Gasteiger partial charge in [0, 0.05) is 19.5 Å². The summed E-state index contributed by atoms with van der Waals surface area (Å²) in [7, 11) is 0. The lowest BCUT2D eigenvalue weighted by Crippen LogP contribution is -2.42. The van der Waals surface area contributed by atoms with Crippen LogP contribution in [0.2, 0.25) is 0 Å². The molecule has 0 aromatic heterocycles. The molecular formula is C14H25NO3S. The molecule has 1 atom stereocenters. The van der Waals surface area contributed by atoms with Gasteiger partial charge in [-0.1, -0.05) is 13.3 Å². The summed E-state index contributed by atoms with van der Waals surface area (Å²) in [5.41, 5.74) is 0. The predicted molar refractivity (Wildman–Crippen MR) is 78.4 cm³/mol. The summed E-state index contributed by atoms with van der Waals surface area (Å²) in [4.78, 5) is 24.8. The number of amides is 1. The minimum atomic E-state index is -0.728. The van der Waals surface area contributed by atoms with Crippen LogP contribution in [0.15, 0.2) is 0 Å². The molecule has 1 saturated heterocycles. The van der Waals surface area contributed by atoms with Gasteiger partial charge in [-0.05, 0) is 37.9 Å². The highest BCUT2D eigenvalue weighted by atomic mass is 32.2. The molecule has 0 radical (unpaired) electrons. The van der Waals surface area contributed by atoms with Crippen LogP contribution >= 0.6 is 11.8 Å². The maximum atomic E-state index is 12.2. The third kappa shape index (κ3) is 5.85. The van der Waals surface area contributed by atoms with Gasteiger partial charge in [0.05, 0.1) is 5.25 Å². The Kier molecular flexibility index (Phi) is 7.28. The molecule has 1 heterocycles. The van der Waals surface area contributed by atoms with Crippen molar-refractivity contribution in [3.63, 3.8) is 0 Å². The van der Waals surface area contributed by atoms with Crippen LogP contribution in [-0.2, 0) is 9.59 Å². The van der Waals surface area contributed by atoms with Crippen molar-refractivity contribution in [1.82, 2.24) is 4.90 Å². The number of hydrogen-bond donors (Lipinski definition) is 1. The molecule has 1 amide bonds. The molecule has 0 aromatic carbocycles. The van der Waals surface area contributed by atoms with Crippen molar-refractivity contribution in [2.75, 3.05) is 18.8 Å². The summed E-state index contributed by atoms with van der Waals surface area (Å²) in [5.74, 6) is 0.770. The van der Waals surface area contributed by atoms with E-state index in [0.717, 1.165) is 44.5 Å². The third-order valence-corrected chi connectivity index (χ3v) is 4.83. The monoisotopic (exact) mass is 287 g/mol. The Bertz CT molecular complexity index is 301. The highest BCUT2D eigenvalue weighted by Gasteiger charge is 2.26. The number of piperidine rings is 1. The van der Waals surface area contributed by atoms with E-state index in [-0.39, 0.29) is 23.5 Å². The van der Waals surface area contributed by atoms with Gasteiger partial charge in [0.1, 0.15) is 0 Å². The second-order valence-electron chi connectivity index (χ2n) is 5.23. The summed E-state index contributed by atoms with van der Waals surface area (Å²) >= 11 is 1.73. The molecule has 19 heavy (non-hydrogen) atoms. The number of carbonyl (C=O) groups excluding carboxylic acids is 1. The van der Waals surface area contributed by atoms with Gasteiger partial charge in [0.25, 0.3) is 0 Å². The van der Waals surface area contributed by atoms with Gasteiger partial charge in [-0.3, -0.25) is 9.59 Å². The lowest BCUT2D eigenvalue weighted by Gasteiger charge is -2.33. The molecule has 1 fully saturated rings. The Labute approximate surface area is 119 Å². The summed E-state index contributed by atoms with van der Waals surface area (Å²) in [6.07, 6.45) is 4.20. The number of carboxylic acids is 1. The van der Waals surface area contributed by atoms with E-state index in [0.29, 0.717) is 0 Å². The molecular weight excluding hydrogens is 262 g/mol. The van der Waals surface area contributed by atoms with E-state index in [1.165, 1.54) is 0 Å². The maximum Gasteiger partial charge on any atom is 0.303 e. The standard InChI is InChI=1S/C14H25NO3S/c1-3-4-9-19-11(2)14(18)15-7-5-12(6-8-15)10-13(16)17/h11-12H,3-10H2,1-2H3,(H,16,17). The van der Waals surface area contributed by atoms with Crippen LogP contribution in [0.3, 0.4) is 0 Å². The molecule has 1 aliphatic heterocycles. The van der Waals surface area contributed by atoms with Gasteiger partial charge in [-0.2, -0.15) is 0 Å². The zero-order valence-electron chi connectivity index (χ0n) is 11.9. The Morgan fingerprint density at radius 3 is 2.53 bits per heavy atom. The number of thioether (sulfide) groups is 1. The summed E-state index contributed by atoms with van der Waals surface area (Å²) in [5, 5.41) is 8.80. The van der Waals surface area contributed by atoms with E-state index < -0.39 is 5.97 Å². The van der Waals surface area contributed by atoms with Crippen molar-refractivity contribution in [3.8, 4) is 0 Å². The van der Waals surface area contributed by atoms with E-state index in [1.807, 2.05) is 11.8 Å². The number of likely N-dealkylation sites (tertiary alicyclic amines) is 1. The van der Waals surface area contributed by atoms with E-state index in [2.05, 4.69) is 6.92 Å². The zero-order valence-corrected chi connectivity index (χ0v) is 12.7. The van der Waals surface area contributed by atoms with Gasteiger partial charge in [-0.15, -0.1) is 11.8 Å². The average Bonchev–Trinajstić information content (AvgIpc) is 2.38. The number of rotatable bonds is 7. The first kappa shape index (κ1) is 16.3. The van der Waals surface area contributed by atoms with Crippen LogP contribution in [0, 0.1) is 5.92 Å². The SMILES string of the molecule is CCCCSC(C)C(=O)N1CCC(CC(=O)O)CC1. The first-order chi connectivity index (χ1) is 9.04. The fourth-order valence-electron chi connectivity index (χ4n) is 2.34. The normalized spacial score (nSPS) is 18.3. The lowest BCUT2D eigenvalue weighted by atomic mass is 9.93. The second kappa shape index (κ2) is 8.46. The van der Waals surface area contributed by atoms with Crippen molar-refractivity contribution in [1.29, 1.82) is 0 Å². The Morgan fingerprint density at radius 2 is 2.00 bits per heavy atom. The average molecular weight is 287 g/mol. The second-order valence-corrected chi connectivity index (χ2v) is 6.68. The fourth-order valence-corrected chi connectivity index (χ4v) is 3.44. The van der Waals surface area contributed by atoms with Gasteiger partial charge in [0.15, 0.2) is 0 Å². The van der Waals surface area contributed by atoms with Crippen molar-refractivity contribution in [2.45, 2.75) is 51.2 Å². The van der Waals surface area contributed by atoms with E-state index in [1.54, 1.807) is 11.8 Å². The Hall–Kier alpha value is -0.710. The molecule has 1 aliphatic rings. The lowest BCUT2D eigenvalue weighted by molar-refractivity contribution is -0.138. The van der Waals surface area contributed by atoms with Crippen LogP contribution in [0.5, 0.6) is 0 Å². The van der Waals surface area contributed by atoms with Gasteiger partial charge in [0.2, 0.25) is 5.91 Å². The quantitative estimate of drug-likeness (QED) is 0.731. The number of aliphatic carboxylic acids is 1. The minimum Gasteiger partial charge on any atom is -0.481 e. The Balaban J connectivity index is 2.29. The van der Waals surface area contributed by atoms with Gasteiger partial charge in [-0.25, -0.2) is 0 Å². The van der Waals surface area contributed by atoms with Crippen LogP contribution in [0.4, 0.5) is 0 Å². The van der Waals surface area contributed by atoms with Crippen molar-refractivity contribution >= 4 is 23.6 Å².